The van der Waals surface area contributed by atoms with Crippen LogP contribution in [0.4, 0.5) is 0 Å². The van der Waals surface area contributed by atoms with Crippen molar-refractivity contribution in [3.8, 4) is 11.5 Å². The Morgan fingerprint density at radius 1 is 0.939 bits per heavy atom. The Kier molecular flexibility index (Phi) is 6.79. The van der Waals surface area contributed by atoms with Gasteiger partial charge in [-0.3, -0.25) is 4.79 Å². The number of ether oxygens (including phenoxy) is 2. The first-order valence-corrected chi connectivity index (χ1v) is 12.2. The average Bonchev–Trinajstić information content (AvgIpc) is 2.83. The van der Waals surface area contributed by atoms with E-state index in [0.717, 1.165) is 61.4 Å². The number of nitrogens with one attached hydrogen (secondary N) is 1. The maximum absolute atomic E-state index is 12.6. The van der Waals surface area contributed by atoms with E-state index in [-0.39, 0.29) is 5.56 Å². The molecule has 3 heterocycles. The molecule has 0 saturated carbocycles. The number of benzene rings is 2. The third-order valence-corrected chi connectivity index (χ3v) is 7.00. The molecule has 0 atom stereocenters. The first-order chi connectivity index (χ1) is 16.1. The molecule has 0 spiro atoms. The largest absolute Gasteiger partial charge is 0.486 e. The fourth-order valence-corrected chi connectivity index (χ4v) is 5.03. The van der Waals surface area contributed by atoms with Crippen LogP contribution in [0, 0.1) is 0 Å². The average molecular weight is 488 g/mol. The quantitative estimate of drug-likeness (QED) is 0.560. The molecule has 6 nitrogen and oxygen atoms in total. The van der Waals surface area contributed by atoms with Gasteiger partial charge in [-0.1, -0.05) is 29.3 Å². The lowest BCUT2D eigenvalue weighted by Gasteiger charge is -2.32. The second-order valence-electron chi connectivity index (χ2n) is 8.62. The lowest BCUT2D eigenvalue weighted by molar-refractivity contribution is 0.171. The normalized spacial score (nSPS) is 16.9. The lowest BCUT2D eigenvalue weighted by atomic mass is 10.0. The number of halogens is 2. The summed E-state index contributed by atoms with van der Waals surface area (Å²) in [6, 6.07) is 13.6. The molecule has 1 saturated heterocycles. The van der Waals surface area contributed by atoms with Gasteiger partial charge in [-0.15, -0.1) is 0 Å². The summed E-state index contributed by atoms with van der Waals surface area (Å²) in [5.41, 5.74) is 1.90. The molecule has 174 valence electrons. The second kappa shape index (κ2) is 9.94. The standard InChI is InChI=1S/C25H27Cl2N3O3/c26-18-2-3-20-21(27)15-25(31)30(22(20)14-18)10-9-29-7-5-19(6-8-29)28-16-17-1-4-23-24(13-17)33-12-11-32-23/h1-4,13-15,19,28H,5-12,16H2. The topological polar surface area (TPSA) is 55.7 Å². The number of rotatable bonds is 6. The molecular formula is C25H27Cl2N3O3. The highest BCUT2D eigenvalue weighted by molar-refractivity contribution is 6.36. The third kappa shape index (κ3) is 5.14. The number of pyridine rings is 1. The summed E-state index contributed by atoms with van der Waals surface area (Å²) in [6.45, 7) is 5.46. The van der Waals surface area contributed by atoms with E-state index in [1.165, 1.54) is 11.6 Å². The monoisotopic (exact) mass is 487 g/mol. The van der Waals surface area contributed by atoms with E-state index in [1.54, 1.807) is 10.6 Å². The second-order valence-corrected chi connectivity index (χ2v) is 9.46. The molecule has 3 aromatic rings. The smallest absolute Gasteiger partial charge is 0.252 e. The Hall–Kier alpha value is -2.25. The van der Waals surface area contributed by atoms with Gasteiger partial charge in [0.25, 0.3) is 5.56 Å². The number of hydrogen-bond donors (Lipinski definition) is 1. The number of fused-ring (bicyclic) bond motifs is 2. The Morgan fingerprint density at radius 3 is 2.55 bits per heavy atom. The van der Waals surface area contributed by atoms with Gasteiger partial charge in [0.2, 0.25) is 0 Å². The summed E-state index contributed by atoms with van der Waals surface area (Å²) < 4.78 is 13.1. The minimum atomic E-state index is -0.0919. The van der Waals surface area contributed by atoms with Crippen LogP contribution in [0.1, 0.15) is 18.4 Å². The fraction of sp³-hybridized carbons (Fsp3) is 0.400. The maximum Gasteiger partial charge on any atom is 0.252 e. The number of aromatic nitrogens is 1. The number of hydrogen-bond acceptors (Lipinski definition) is 5. The highest BCUT2D eigenvalue weighted by Crippen LogP contribution is 2.31. The SMILES string of the molecule is O=c1cc(Cl)c2ccc(Cl)cc2n1CCN1CCC(NCc2ccc3c(c2)OCCO3)CC1. The van der Waals surface area contributed by atoms with E-state index in [9.17, 15) is 4.79 Å². The summed E-state index contributed by atoms with van der Waals surface area (Å²) in [4.78, 5) is 15.0. The first-order valence-electron chi connectivity index (χ1n) is 11.4. The molecule has 1 aromatic heterocycles. The van der Waals surface area contributed by atoms with E-state index < -0.39 is 0 Å². The van der Waals surface area contributed by atoms with Crippen molar-refractivity contribution in [1.29, 1.82) is 0 Å². The van der Waals surface area contributed by atoms with Crippen LogP contribution in [0.3, 0.4) is 0 Å². The van der Waals surface area contributed by atoms with Crippen LogP contribution in [0.2, 0.25) is 10.0 Å². The van der Waals surface area contributed by atoms with Gasteiger partial charge in [0, 0.05) is 42.2 Å². The molecular weight excluding hydrogens is 461 g/mol. The zero-order valence-electron chi connectivity index (χ0n) is 18.4. The molecule has 2 aliphatic heterocycles. The Bertz CT molecular complexity index is 1210. The van der Waals surface area contributed by atoms with E-state index >= 15 is 0 Å². The maximum atomic E-state index is 12.6. The molecule has 1 N–H and O–H groups in total. The van der Waals surface area contributed by atoms with Crippen molar-refractivity contribution < 1.29 is 9.47 Å². The van der Waals surface area contributed by atoms with Gasteiger partial charge in [0.1, 0.15) is 13.2 Å². The molecule has 2 aliphatic rings. The molecule has 0 unspecified atom stereocenters. The summed E-state index contributed by atoms with van der Waals surface area (Å²) in [6.07, 6.45) is 2.15. The number of nitrogens with zero attached hydrogens (tertiary/aromatic N) is 2. The van der Waals surface area contributed by atoms with Gasteiger partial charge in [0.05, 0.1) is 10.5 Å². The number of piperidine rings is 1. The molecule has 0 amide bonds. The Morgan fingerprint density at radius 2 is 1.73 bits per heavy atom. The Balaban J connectivity index is 1.14. The van der Waals surface area contributed by atoms with Gasteiger partial charge in [-0.25, -0.2) is 0 Å². The molecule has 0 aliphatic carbocycles. The fourth-order valence-electron chi connectivity index (χ4n) is 4.61. The molecule has 33 heavy (non-hydrogen) atoms. The van der Waals surface area contributed by atoms with E-state index in [1.807, 2.05) is 18.2 Å². The van der Waals surface area contributed by atoms with Gasteiger partial charge in [-0.2, -0.15) is 0 Å². The molecule has 2 aromatic carbocycles. The van der Waals surface area contributed by atoms with Gasteiger partial charge >= 0.3 is 0 Å². The molecule has 0 bridgehead atoms. The first kappa shape index (κ1) is 22.5. The van der Waals surface area contributed by atoms with Crippen LogP contribution in [-0.2, 0) is 13.1 Å². The minimum absolute atomic E-state index is 0.0919. The lowest BCUT2D eigenvalue weighted by Crippen LogP contribution is -2.43. The molecule has 1 fully saturated rings. The number of likely N-dealkylation sites (tertiary alicyclic amines) is 1. The summed E-state index contributed by atoms with van der Waals surface area (Å²) in [7, 11) is 0. The zero-order valence-corrected chi connectivity index (χ0v) is 19.9. The minimum Gasteiger partial charge on any atom is -0.486 e. The van der Waals surface area contributed by atoms with Crippen molar-refractivity contribution in [2.75, 3.05) is 32.8 Å². The van der Waals surface area contributed by atoms with E-state index in [4.69, 9.17) is 32.7 Å². The highest BCUT2D eigenvalue weighted by atomic mass is 35.5. The van der Waals surface area contributed by atoms with Crippen LogP contribution < -0.4 is 20.3 Å². The summed E-state index contributed by atoms with van der Waals surface area (Å²) >= 11 is 12.5. The predicted molar refractivity (Wildman–Crippen MR) is 132 cm³/mol. The summed E-state index contributed by atoms with van der Waals surface area (Å²) in [5, 5.41) is 5.59. The van der Waals surface area contributed by atoms with Crippen molar-refractivity contribution >= 4 is 34.1 Å². The van der Waals surface area contributed by atoms with Crippen LogP contribution >= 0.6 is 23.2 Å². The summed E-state index contributed by atoms with van der Waals surface area (Å²) in [5.74, 6) is 1.66. The predicted octanol–water partition coefficient (Wildman–Crippen LogP) is 4.33. The van der Waals surface area contributed by atoms with Crippen molar-refractivity contribution in [2.45, 2.75) is 32.0 Å². The van der Waals surface area contributed by atoms with E-state index in [2.05, 4.69) is 22.3 Å². The third-order valence-electron chi connectivity index (χ3n) is 6.45. The molecule has 0 radical (unpaired) electrons. The van der Waals surface area contributed by atoms with Crippen LogP contribution in [-0.4, -0.2) is 48.4 Å². The molecule has 8 heteroatoms. The molecule has 5 rings (SSSR count). The van der Waals surface area contributed by atoms with Gasteiger partial charge in [0.15, 0.2) is 11.5 Å². The van der Waals surface area contributed by atoms with Gasteiger partial charge in [-0.05, 0) is 61.8 Å². The van der Waals surface area contributed by atoms with Crippen molar-refractivity contribution in [2.24, 2.45) is 0 Å². The highest BCUT2D eigenvalue weighted by Gasteiger charge is 2.20. The van der Waals surface area contributed by atoms with Crippen LogP contribution in [0.15, 0.2) is 47.3 Å². The zero-order chi connectivity index (χ0) is 22.8. The van der Waals surface area contributed by atoms with Crippen LogP contribution in [0.5, 0.6) is 11.5 Å². The van der Waals surface area contributed by atoms with Crippen molar-refractivity contribution in [1.82, 2.24) is 14.8 Å². The van der Waals surface area contributed by atoms with Gasteiger partial charge < -0.3 is 24.3 Å². The van der Waals surface area contributed by atoms with Crippen LogP contribution in [0.25, 0.3) is 10.9 Å². The van der Waals surface area contributed by atoms with Crippen molar-refractivity contribution in [3.63, 3.8) is 0 Å². The van der Waals surface area contributed by atoms with Crippen molar-refractivity contribution in [3.05, 3.63) is 68.4 Å². The Labute approximate surface area is 203 Å². The van der Waals surface area contributed by atoms with E-state index in [0.29, 0.717) is 35.8 Å².